The Morgan fingerprint density at radius 1 is 1.36 bits per heavy atom. The van der Waals surface area contributed by atoms with Gasteiger partial charge in [-0.1, -0.05) is 26.0 Å². The molecule has 1 aromatic rings. The van der Waals surface area contributed by atoms with Crippen molar-refractivity contribution >= 4 is 11.8 Å². The summed E-state index contributed by atoms with van der Waals surface area (Å²) in [5.74, 6) is 0.00241. The van der Waals surface area contributed by atoms with E-state index in [0.717, 1.165) is 18.4 Å². The highest BCUT2D eigenvalue weighted by Gasteiger charge is 2.36. The average molecular weight is 341 g/mol. The zero-order chi connectivity index (χ0) is 18.6. The fraction of sp³-hybridized carbons (Fsp3) is 0.550. The normalized spacial score (nSPS) is 17.9. The van der Waals surface area contributed by atoms with Gasteiger partial charge in [0.25, 0.3) is 0 Å². The van der Waals surface area contributed by atoms with Crippen LogP contribution in [0.3, 0.4) is 0 Å². The van der Waals surface area contributed by atoms with E-state index in [-0.39, 0.29) is 23.8 Å². The minimum atomic E-state index is -0.712. The van der Waals surface area contributed by atoms with Crippen molar-refractivity contribution in [2.75, 3.05) is 13.1 Å². The third-order valence-corrected chi connectivity index (χ3v) is 4.83. The highest BCUT2D eigenvalue weighted by molar-refractivity contribution is 5.87. The number of nitriles is 1. The molecule has 0 aromatic heterocycles. The van der Waals surface area contributed by atoms with Gasteiger partial charge in [-0.3, -0.25) is 9.59 Å². The minimum absolute atomic E-state index is 0.00819. The number of nitrogens with zero attached hydrogens (tertiary/aromatic N) is 2. The van der Waals surface area contributed by atoms with Crippen LogP contribution in [0.2, 0.25) is 0 Å². The summed E-state index contributed by atoms with van der Waals surface area (Å²) in [6.07, 6.45) is 1.77. The molecule has 0 bridgehead atoms. The van der Waals surface area contributed by atoms with Crippen molar-refractivity contribution in [1.29, 1.82) is 5.26 Å². The molecule has 0 unspecified atom stereocenters. The summed E-state index contributed by atoms with van der Waals surface area (Å²) in [5, 5.41) is 12.1. The molecule has 0 spiro atoms. The molecule has 2 amide bonds. The van der Waals surface area contributed by atoms with Crippen molar-refractivity contribution < 1.29 is 9.59 Å². The van der Waals surface area contributed by atoms with Crippen LogP contribution in [0.15, 0.2) is 24.3 Å². The van der Waals surface area contributed by atoms with E-state index in [1.54, 1.807) is 12.1 Å². The van der Waals surface area contributed by atoms with Crippen LogP contribution < -0.4 is 5.32 Å². The summed E-state index contributed by atoms with van der Waals surface area (Å²) < 4.78 is 0. The number of benzene rings is 1. The van der Waals surface area contributed by atoms with Gasteiger partial charge in [0.2, 0.25) is 11.8 Å². The van der Waals surface area contributed by atoms with Crippen molar-refractivity contribution in [3.63, 3.8) is 0 Å². The average Bonchev–Trinajstić information content (AvgIpc) is 2.61. The molecule has 0 radical (unpaired) electrons. The van der Waals surface area contributed by atoms with Gasteiger partial charge in [0, 0.05) is 25.0 Å². The standard InChI is InChI=1S/C20H27N3O2/c1-14(2)18(24)22-17-9-6-10-23(13-17)19(25)20(3,4)16-8-5-7-15(11-16)12-21/h5,7-8,11,14,17H,6,9-10,13H2,1-4H3,(H,22,24)/t17-/m1/s1. The monoisotopic (exact) mass is 341 g/mol. The number of carbonyl (C=O) groups excluding carboxylic acids is 2. The number of hydrogen-bond donors (Lipinski definition) is 1. The molecule has 1 fully saturated rings. The van der Waals surface area contributed by atoms with Crippen LogP contribution in [-0.2, 0) is 15.0 Å². The first-order chi connectivity index (χ1) is 11.8. The Bertz CT molecular complexity index is 688. The number of hydrogen-bond acceptors (Lipinski definition) is 3. The first-order valence-corrected chi connectivity index (χ1v) is 8.86. The van der Waals surface area contributed by atoms with Gasteiger partial charge in [-0.05, 0) is 44.4 Å². The van der Waals surface area contributed by atoms with Crippen LogP contribution in [0.1, 0.15) is 51.7 Å². The predicted octanol–water partition coefficient (Wildman–Crippen LogP) is 2.60. The van der Waals surface area contributed by atoms with E-state index in [2.05, 4.69) is 11.4 Å². The fourth-order valence-electron chi connectivity index (χ4n) is 3.14. The number of amides is 2. The molecule has 5 nitrogen and oxygen atoms in total. The second kappa shape index (κ2) is 7.69. The van der Waals surface area contributed by atoms with Crippen LogP contribution in [0.5, 0.6) is 0 Å². The lowest BCUT2D eigenvalue weighted by Gasteiger charge is -2.38. The molecule has 1 atom stereocenters. The number of nitrogens with one attached hydrogen (secondary N) is 1. The first-order valence-electron chi connectivity index (χ1n) is 8.86. The minimum Gasteiger partial charge on any atom is -0.351 e. The number of piperidine rings is 1. The van der Waals surface area contributed by atoms with Crippen molar-refractivity contribution in [2.45, 2.75) is 52.0 Å². The lowest BCUT2D eigenvalue weighted by Crippen LogP contribution is -2.53. The maximum atomic E-state index is 13.1. The number of rotatable bonds is 4. The Hall–Kier alpha value is -2.35. The molecule has 1 heterocycles. The van der Waals surface area contributed by atoms with E-state index < -0.39 is 5.41 Å². The van der Waals surface area contributed by atoms with Gasteiger partial charge in [0.05, 0.1) is 17.0 Å². The first kappa shape index (κ1) is 19.0. The zero-order valence-electron chi connectivity index (χ0n) is 15.5. The highest BCUT2D eigenvalue weighted by Crippen LogP contribution is 2.28. The van der Waals surface area contributed by atoms with Gasteiger partial charge in [-0.15, -0.1) is 0 Å². The van der Waals surface area contributed by atoms with Crippen molar-refractivity contribution in [1.82, 2.24) is 10.2 Å². The van der Waals surface area contributed by atoms with E-state index in [4.69, 9.17) is 5.26 Å². The molecule has 1 aromatic carbocycles. The molecule has 1 saturated heterocycles. The van der Waals surface area contributed by atoms with Gasteiger partial charge in [-0.25, -0.2) is 0 Å². The largest absolute Gasteiger partial charge is 0.351 e. The van der Waals surface area contributed by atoms with E-state index in [1.807, 2.05) is 44.7 Å². The van der Waals surface area contributed by atoms with Crippen LogP contribution in [0, 0.1) is 17.2 Å². The Morgan fingerprint density at radius 3 is 2.72 bits per heavy atom. The summed E-state index contributed by atoms with van der Waals surface area (Å²) in [6, 6.07) is 9.35. The SMILES string of the molecule is CC(C)C(=O)N[C@@H]1CCCN(C(=O)C(C)(C)c2cccc(C#N)c2)C1. The topological polar surface area (TPSA) is 73.2 Å². The molecule has 5 heteroatoms. The molecular formula is C20H27N3O2. The molecular weight excluding hydrogens is 314 g/mol. The third kappa shape index (κ3) is 4.39. The summed E-state index contributed by atoms with van der Waals surface area (Å²) >= 11 is 0. The van der Waals surface area contributed by atoms with Crippen molar-refractivity contribution in [3.05, 3.63) is 35.4 Å². The smallest absolute Gasteiger partial charge is 0.232 e. The molecule has 2 rings (SSSR count). The van der Waals surface area contributed by atoms with Crippen LogP contribution in [-0.4, -0.2) is 35.8 Å². The molecule has 0 aliphatic carbocycles. The molecule has 134 valence electrons. The van der Waals surface area contributed by atoms with Gasteiger partial charge in [-0.2, -0.15) is 5.26 Å². The molecule has 25 heavy (non-hydrogen) atoms. The molecule has 1 aliphatic heterocycles. The Balaban J connectivity index is 2.12. The number of likely N-dealkylation sites (tertiary alicyclic amines) is 1. The second-order valence-electron chi connectivity index (χ2n) is 7.57. The maximum Gasteiger partial charge on any atom is 0.232 e. The van der Waals surface area contributed by atoms with Gasteiger partial charge in [0.1, 0.15) is 0 Å². The van der Waals surface area contributed by atoms with E-state index >= 15 is 0 Å². The predicted molar refractivity (Wildman–Crippen MR) is 96.8 cm³/mol. The Morgan fingerprint density at radius 2 is 2.08 bits per heavy atom. The summed E-state index contributed by atoms with van der Waals surface area (Å²) in [7, 11) is 0. The summed E-state index contributed by atoms with van der Waals surface area (Å²) in [5.41, 5.74) is 0.681. The summed E-state index contributed by atoms with van der Waals surface area (Å²) in [4.78, 5) is 26.9. The highest BCUT2D eigenvalue weighted by atomic mass is 16.2. The van der Waals surface area contributed by atoms with Gasteiger partial charge < -0.3 is 10.2 Å². The second-order valence-corrected chi connectivity index (χ2v) is 7.57. The van der Waals surface area contributed by atoms with Gasteiger partial charge >= 0.3 is 0 Å². The zero-order valence-corrected chi connectivity index (χ0v) is 15.5. The van der Waals surface area contributed by atoms with E-state index in [0.29, 0.717) is 18.7 Å². The molecule has 1 aliphatic rings. The third-order valence-electron chi connectivity index (χ3n) is 4.83. The molecule has 0 saturated carbocycles. The fourth-order valence-corrected chi connectivity index (χ4v) is 3.14. The Labute approximate surface area is 150 Å². The quantitative estimate of drug-likeness (QED) is 0.915. The van der Waals surface area contributed by atoms with Crippen LogP contribution >= 0.6 is 0 Å². The van der Waals surface area contributed by atoms with Crippen LogP contribution in [0.25, 0.3) is 0 Å². The lowest BCUT2D eigenvalue weighted by molar-refractivity contribution is -0.138. The van der Waals surface area contributed by atoms with E-state index in [9.17, 15) is 9.59 Å². The van der Waals surface area contributed by atoms with Gasteiger partial charge in [0.15, 0.2) is 0 Å². The summed E-state index contributed by atoms with van der Waals surface area (Å²) in [6.45, 7) is 8.76. The molecule has 1 N–H and O–H groups in total. The van der Waals surface area contributed by atoms with Crippen molar-refractivity contribution in [3.8, 4) is 6.07 Å². The number of carbonyl (C=O) groups is 2. The van der Waals surface area contributed by atoms with Crippen molar-refractivity contribution in [2.24, 2.45) is 5.92 Å². The lowest BCUT2D eigenvalue weighted by atomic mass is 9.82. The maximum absolute atomic E-state index is 13.1. The van der Waals surface area contributed by atoms with Crippen LogP contribution in [0.4, 0.5) is 0 Å². The van der Waals surface area contributed by atoms with E-state index in [1.165, 1.54) is 0 Å². The Kier molecular flexibility index (Phi) is 5.84.